The summed E-state index contributed by atoms with van der Waals surface area (Å²) < 4.78 is 61.2. The van der Waals surface area contributed by atoms with Crippen LogP contribution in [0, 0.1) is 23.4 Å². The second kappa shape index (κ2) is 14.3. The molecule has 39 heavy (non-hydrogen) atoms. The third-order valence-electron chi connectivity index (χ3n) is 6.96. The number of halogens is 3. The highest BCUT2D eigenvalue weighted by molar-refractivity contribution is 5.72. The van der Waals surface area contributed by atoms with Gasteiger partial charge in [-0.1, -0.05) is 82.0 Å². The van der Waals surface area contributed by atoms with E-state index in [9.17, 15) is 13.2 Å². The first-order chi connectivity index (χ1) is 19.0. The molecule has 0 N–H and O–H groups in total. The number of hydrogen-bond donors (Lipinski definition) is 0. The molecule has 0 aromatic heterocycles. The number of benzene rings is 3. The van der Waals surface area contributed by atoms with Crippen molar-refractivity contribution >= 4 is 6.08 Å². The number of ether oxygens (including phenoxy) is 3. The average molecular weight is 539 g/mol. The Morgan fingerprint density at radius 3 is 2.13 bits per heavy atom. The van der Waals surface area contributed by atoms with Crippen molar-refractivity contribution < 1.29 is 27.4 Å². The molecule has 0 aliphatic carbocycles. The summed E-state index contributed by atoms with van der Waals surface area (Å²) in [5.74, 6) is -2.00. The predicted octanol–water partition coefficient (Wildman–Crippen LogP) is 9.20. The van der Waals surface area contributed by atoms with Crippen LogP contribution in [0.15, 0.2) is 60.7 Å². The van der Waals surface area contributed by atoms with Gasteiger partial charge in [0.05, 0.1) is 19.8 Å². The lowest BCUT2D eigenvalue weighted by atomic mass is 9.98. The summed E-state index contributed by atoms with van der Waals surface area (Å²) in [6.07, 6.45) is 9.58. The smallest absolute Gasteiger partial charge is 0.201 e. The molecule has 6 heteroatoms. The van der Waals surface area contributed by atoms with Crippen molar-refractivity contribution in [1.29, 1.82) is 0 Å². The molecule has 0 unspecified atom stereocenters. The van der Waals surface area contributed by atoms with Crippen molar-refractivity contribution in [2.24, 2.45) is 5.92 Å². The first kappa shape index (κ1) is 28.9. The monoisotopic (exact) mass is 538 g/mol. The van der Waals surface area contributed by atoms with Gasteiger partial charge in [0.2, 0.25) is 5.82 Å². The van der Waals surface area contributed by atoms with E-state index in [4.69, 9.17) is 14.2 Å². The van der Waals surface area contributed by atoms with Gasteiger partial charge < -0.3 is 14.2 Å². The minimum atomic E-state index is -1.00. The van der Waals surface area contributed by atoms with E-state index in [1.54, 1.807) is 42.5 Å². The fourth-order valence-electron chi connectivity index (χ4n) is 4.60. The zero-order valence-electron chi connectivity index (χ0n) is 22.7. The molecule has 1 heterocycles. The van der Waals surface area contributed by atoms with Crippen LogP contribution in [0.4, 0.5) is 13.2 Å². The average Bonchev–Trinajstić information content (AvgIpc) is 2.95. The van der Waals surface area contributed by atoms with Gasteiger partial charge in [-0.3, -0.25) is 0 Å². The summed E-state index contributed by atoms with van der Waals surface area (Å²) in [7, 11) is 0. The van der Waals surface area contributed by atoms with Gasteiger partial charge in [-0.2, -0.15) is 4.39 Å². The van der Waals surface area contributed by atoms with Crippen LogP contribution in [0.3, 0.4) is 0 Å². The van der Waals surface area contributed by atoms with Gasteiger partial charge in [-0.15, -0.1) is 0 Å². The van der Waals surface area contributed by atoms with Crippen molar-refractivity contribution in [2.45, 2.75) is 58.7 Å². The van der Waals surface area contributed by atoms with E-state index < -0.39 is 17.9 Å². The van der Waals surface area contributed by atoms with Crippen LogP contribution in [-0.2, 0) is 9.47 Å². The summed E-state index contributed by atoms with van der Waals surface area (Å²) in [4.78, 5) is 0. The Labute approximate surface area is 229 Å². The van der Waals surface area contributed by atoms with Crippen molar-refractivity contribution in [1.82, 2.24) is 0 Å². The van der Waals surface area contributed by atoms with E-state index in [1.165, 1.54) is 37.5 Å². The maximum absolute atomic E-state index is 15.0. The minimum Gasteiger partial charge on any atom is -0.490 e. The van der Waals surface area contributed by atoms with Gasteiger partial charge in [0.1, 0.15) is 5.82 Å². The molecule has 4 rings (SSSR count). The first-order valence-electron chi connectivity index (χ1n) is 13.9. The third kappa shape index (κ3) is 7.74. The Hall–Kier alpha value is -3.09. The molecule has 0 amide bonds. The normalized spacial score (nSPS) is 17.6. The van der Waals surface area contributed by atoms with Crippen LogP contribution < -0.4 is 4.74 Å². The number of hydrogen-bond acceptors (Lipinski definition) is 3. The highest BCUT2D eigenvalue weighted by Gasteiger charge is 2.20. The molecule has 1 aliphatic rings. The van der Waals surface area contributed by atoms with E-state index in [-0.39, 0.29) is 17.1 Å². The topological polar surface area (TPSA) is 27.7 Å². The van der Waals surface area contributed by atoms with E-state index in [2.05, 4.69) is 6.92 Å². The number of rotatable bonds is 12. The third-order valence-corrected chi connectivity index (χ3v) is 6.96. The molecule has 3 aromatic rings. The van der Waals surface area contributed by atoms with Gasteiger partial charge in [0, 0.05) is 17.0 Å². The summed E-state index contributed by atoms with van der Waals surface area (Å²) in [6.45, 7) is 5.88. The molecule has 3 nitrogen and oxygen atoms in total. The van der Waals surface area contributed by atoms with Crippen molar-refractivity contribution in [2.75, 3.05) is 19.8 Å². The maximum atomic E-state index is 15.0. The lowest BCUT2D eigenvalue weighted by molar-refractivity contribution is -0.175. The second-order valence-corrected chi connectivity index (χ2v) is 10.0. The van der Waals surface area contributed by atoms with Crippen LogP contribution in [0.25, 0.3) is 28.3 Å². The van der Waals surface area contributed by atoms with Crippen molar-refractivity contribution in [3.8, 4) is 28.0 Å². The van der Waals surface area contributed by atoms with Gasteiger partial charge in [-0.05, 0) is 53.8 Å². The lowest BCUT2D eigenvalue weighted by Crippen LogP contribution is -2.30. The largest absolute Gasteiger partial charge is 0.490 e. The van der Waals surface area contributed by atoms with Gasteiger partial charge in [-0.25, -0.2) is 8.78 Å². The molecule has 3 aromatic carbocycles. The zero-order valence-corrected chi connectivity index (χ0v) is 22.7. The van der Waals surface area contributed by atoms with Crippen molar-refractivity contribution in [3.63, 3.8) is 0 Å². The van der Waals surface area contributed by atoms with Crippen LogP contribution >= 0.6 is 0 Å². The van der Waals surface area contributed by atoms with Crippen LogP contribution in [0.1, 0.15) is 57.9 Å². The Morgan fingerprint density at radius 1 is 0.795 bits per heavy atom. The van der Waals surface area contributed by atoms with E-state index in [1.807, 2.05) is 13.0 Å². The maximum Gasteiger partial charge on any atom is 0.201 e. The quantitative estimate of drug-likeness (QED) is 0.215. The van der Waals surface area contributed by atoms with E-state index in [0.717, 1.165) is 19.3 Å². The lowest BCUT2D eigenvalue weighted by Gasteiger charge is -2.27. The standard InChI is InChI=1S/C33H37F3O3/c1-3-5-7-8-24-21-38-31(39-22-24)18-10-23-9-15-27(29(34)20-23)25-11-13-26(14-12-25)28-16-17-30(33(36)32(28)35)37-19-6-4-2/h9-18,20,24,31H,3-8,19,21-22H2,1-2H3. The molecule has 1 saturated heterocycles. The molecule has 0 saturated carbocycles. The van der Waals surface area contributed by atoms with E-state index >= 15 is 0 Å². The fraction of sp³-hybridized carbons (Fsp3) is 0.394. The molecule has 1 aliphatic heterocycles. The van der Waals surface area contributed by atoms with Crippen LogP contribution in [0.2, 0.25) is 0 Å². The predicted molar refractivity (Wildman–Crippen MR) is 150 cm³/mol. The minimum absolute atomic E-state index is 0.0919. The van der Waals surface area contributed by atoms with Crippen LogP contribution in [-0.4, -0.2) is 26.1 Å². The Balaban J connectivity index is 1.38. The molecule has 1 fully saturated rings. The van der Waals surface area contributed by atoms with Gasteiger partial charge >= 0.3 is 0 Å². The number of unbranched alkanes of at least 4 members (excludes halogenated alkanes) is 3. The molecular formula is C33H37F3O3. The fourth-order valence-corrected chi connectivity index (χ4v) is 4.60. The summed E-state index contributed by atoms with van der Waals surface area (Å²) in [5, 5.41) is 0. The van der Waals surface area contributed by atoms with Crippen LogP contribution in [0.5, 0.6) is 5.75 Å². The Kier molecular flexibility index (Phi) is 10.6. The van der Waals surface area contributed by atoms with Crippen molar-refractivity contribution in [3.05, 3.63) is 83.7 Å². The first-order valence-corrected chi connectivity index (χ1v) is 13.9. The highest BCUT2D eigenvalue weighted by atomic mass is 19.2. The van der Waals surface area contributed by atoms with E-state index in [0.29, 0.717) is 48.0 Å². The summed E-state index contributed by atoms with van der Waals surface area (Å²) in [6, 6.07) is 14.7. The Morgan fingerprint density at radius 2 is 1.46 bits per heavy atom. The second-order valence-electron chi connectivity index (χ2n) is 10.0. The van der Waals surface area contributed by atoms with Gasteiger partial charge in [0.25, 0.3) is 0 Å². The summed E-state index contributed by atoms with van der Waals surface area (Å²) in [5.41, 5.74) is 2.38. The molecule has 0 bridgehead atoms. The molecule has 208 valence electrons. The molecular weight excluding hydrogens is 501 g/mol. The Bertz CT molecular complexity index is 1230. The molecule has 0 spiro atoms. The highest BCUT2D eigenvalue weighted by Crippen LogP contribution is 2.32. The van der Waals surface area contributed by atoms with Gasteiger partial charge in [0.15, 0.2) is 17.9 Å². The SMILES string of the molecule is CCCCCC1COC(C=Cc2ccc(-c3ccc(-c4ccc(OCCCC)c(F)c4F)cc3)c(F)c2)OC1. The molecule has 0 radical (unpaired) electrons. The zero-order chi connectivity index (χ0) is 27.6. The molecule has 0 atom stereocenters. The summed E-state index contributed by atoms with van der Waals surface area (Å²) >= 11 is 0.